The minimum atomic E-state index is -4.19. The van der Waals surface area contributed by atoms with Gasteiger partial charge in [0.05, 0.1) is 29.7 Å². The van der Waals surface area contributed by atoms with Crippen LogP contribution in [-0.4, -0.2) is 27.5 Å². The lowest BCUT2D eigenvalue weighted by atomic mass is 10.0. The van der Waals surface area contributed by atoms with Crippen molar-refractivity contribution in [3.05, 3.63) is 89.5 Å². The second-order valence-electron chi connectivity index (χ2n) is 7.19. The molecule has 2 aromatic carbocycles. The van der Waals surface area contributed by atoms with E-state index in [1.54, 1.807) is 47.4 Å². The number of H-pyrrole nitrogens is 1. The van der Waals surface area contributed by atoms with Crippen molar-refractivity contribution >= 4 is 0 Å². The minimum Gasteiger partial charge on any atom is -0.494 e. The monoisotopic (exact) mass is 439 g/mol. The summed E-state index contributed by atoms with van der Waals surface area (Å²) in [5.74, 6) is 0.465. The third-order valence-corrected chi connectivity index (χ3v) is 4.86. The molecule has 8 heteroatoms. The highest BCUT2D eigenvalue weighted by molar-refractivity contribution is 5.71. The number of ether oxygens (including phenoxy) is 1. The summed E-state index contributed by atoms with van der Waals surface area (Å²) >= 11 is 0. The van der Waals surface area contributed by atoms with Crippen LogP contribution in [0.4, 0.5) is 13.2 Å². The van der Waals surface area contributed by atoms with E-state index < -0.39 is 12.6 Å². The van der Waals surface area contributed by atoms with Crippen molar-refractivity contribution in [2.45, 2.75) is 19.0 Å². The smallest absolute Gasteiger partial charge is 0.389 e. The molecule has 0 amide bonds. The predicted octanol–water partition coefficient (Wildman–Crippen LogP) is 5.62. The van der Waals surface area contributed by atoms with E-state index in [4.69, 9.17) is 4.74 Å². The number of hydrogen-bond donors (Lipinski definition) is 1. The topological polar surface area (TPSA) is 59.9 Å². The molecule has 0 saturated carbocycles. The van der Waals surface area contributed by atoms with Gasteiger partial charge in [-0.2, -0.15) is 18.3 Å². The van der Waals surface area contributed by atoms with E-state index in [2.05, 4.69) is 10.1 Å². The predicted molar refractivity (Wildman–Crippen MR) is 116 cm³/mol. The Morgan fingerprint density at radius 3 is 2.56 bits per heavy atom. The average Bonchev–Trinajstić information content (AvgIpc) is 3.27. The van der Waals surface area contributed by atoms with Crippen molar-refractivity contribution in [2.75, 3.05) is 6.61 Å². The third kappa shape index (κ3) is 5.08. The number of halogens is 3. The Morgan fingerprint density at radius 1 is 0.969 bits per heavy atom. The Bertz CT molecular complexity index is 1250. The molecular formula is C24H20F3N3O2. The molecule has 32 heavy (non-hydrogen) atoms. The minimum absolute atomic E-state index is 0.0317. The number of aromatic amines is 1. The van der Waals surface area contributed by atoms with Crippen LogP contribution in [0.15, 0.2) is 83.9 Å². The molecule has 4 rings (SSSR count). The van der Waals surface area contributed by atoms with Crippen molar-refractivity contribution in [3.8, 4) is 33.8 Å². The van der Waals surface area contributed by atoms with Crippen molar-refractivity contribution in [1.82, 2.24) is 14.8 Å². The number of hydrogen-bond acceptors (Lipinski definition) is 3. The number of nitrogens with one attached hydrogen (secondary N) is 1. The number of para-hydroxylation sites is 1. The molecule has 0 saturated heterocycles. The molecular weight excluding hydrogens is 419 g/mol. The maximum absolute atomic E-state index is 12.6. The Morgan fingerprint density at radius 2 is 1.78 bits per heavy atom. The molecule has 5 nitrogen and oxygen atoms in total. The summed E-state index contributed by atoms with van der Waals surface area (Å²) in [4.78, 5) is 15.4. The first-order valence-electron chi connectivity index (χ1n) is 10.0. The van der Waals surface area contributed by atoms with E-state index in [1.807, 2.05) is 36.4 Å². The number of pyridine rings is 1. The van der Waals surface area contributed by atoms with Gasteiger partial charge < -0.3 is 9.72 Å². The fourth-order valence-corrected chi connectivity index (χ4v) is 3.35. The third-order valence-electron chi connectivity index (χ3n) is 4.86. The van der Waals surface area contributed by atoms with Crippen molar-refractivity contribution in [1.29, 1.82) is 0 Å². The van der Waals surface area contributed by atoms with Crippen LogP contribution in [0, 0.1) is 0 Å². The van der Waals surface area contributed by atoms with Crippen molar-refractivity contribution in [2.24, 2.45) is 0 Å². The number of nitrogens with zero attached hydrogens (tertiary/aromatic N) is 2. The van der Waals surface area contributed by atoms with Gasteiger partial charge >= 0.3 is 6.18 Å². The zero-order chi connectivity index (χ0) is 22.6. The number of benzene rings is 2. The second-order valence-corrected chi connectivity index (χ2v) is 7.19. The van der Waals surface area contributed by atoms with Crippen LogP contribution in [-0.2, 0) is 0 Å². The summed E-state index contributed by atoms with van der Waals surface area (Å²) in [6.07, 6.45) is -1.96. The molecule has 4 aromatic rings. The van der Waals surface area contributed by atoms with Gasteiger partial charge in [-0.1, -0.05) is 30.3 Å². The zero-order valence-electron chi connectivity index (χ0n) is 17.0. The number of alkyl halides is 3. The first kappa shape index (κ1) is 21.4. The van der Waals surface area contributed by atoms with Gasteiger partial charge in [-0.05, 0) is 53.9 Å². The number of rotatable bonds is 7. The highest BCUT2D eigenvalue weighted by atomic mass is 19.4. The van der Waals surface area contributed by atoms with Gasteiger partial charge in [0.1, 0.15) is 5.75 Å². The zero-order valence-corrected chi connectivity index (χ0v) is 17.0. The van der Waals surface area contributed by atoms with Gasteiger partial charge in [-0.25, -0.2) is 4.68 Å². The molecule has 0 spiro atoms. The molecule has 0 aliphatic heterocycles. The van der Waals surface area contributed by atoms with Gasteiger partial charge in [0.25, 0.3) is 5.56 Å². The van der Waals surface area contributed by atoms with Gasteiger partial charge in [0, 0.05) is 12.6 Å². The Hall–Kier alpha value is -3.81. The van der Waals surface area contributed by atoms with Crippen LogP contribution in [0.2, 0.25) is 0 Å². The Kier molecular flexibility index (Phi) is 6.11. The molecule has 2 heterocycles. The summed E-state index contributed by atoms with van der Waals surface area (Å²) in [5.41, 5.74) is 3.15. The van der Waals surface area contributed by atoms with Gasteiger partial charge in [0.15, 0.2) is 0 Å². The second kappa shape index (κ2) is 9.13. The van der Waals surface area contributed by atoms with Crippen LogP contribution in [0.1, 0.15) is 12.8 Å². The van der Waals surface area contributed by atoms with Crippen LogP contribution < -0.4 is 10.3 Å². The normalized spacial score (nSPS) is 11.5. The molecule has 0 unspecified atom stereocenters. The molecule has 0 atom stereocenters. The maximum atomic E-state index is 12.6. The van der Waals surface area contributed by atoms with Crippen molar-refractivity contribution in [3.63, 3.8) is 0 Å². The van der Waals surface area contributed by atoms with Gasteiger partial charge in [-0.3, -0.25) is 4.79 Å². The van der Waals surface area contributed by atoms with E-state index in [9.17, 15) is 18.0 Å². The SMILES string of the molecule is O=c1[nH]cc(-c2cccc(OCCCC(F)(F)F)c2)cc1-c1ccnn1-c1ccccc1. The summed E-state index contributed by atoms with van der Waals surface area (Å²) in [6, 6.07) is 20.0. The van der Waals surface area contributed by atoms with Crippen molar-refractivity contribution < 1.29 is 17.9 Å². The molecule has 164 valence electrons. The molecule has 0 fully saturated rings. The van der Waals surface area contributed by atoms with Crippen LogP contribution in [0.3, 0.4) is 0 Å². The van der Waals surface area contributed by atoms with Gasteiger partial charge in [-0.15, -0.1) is 0 Å². The maximum Gasteiger partial charge on any atom is 0.389 e. The van der Waals surface area contributed by atoms with E-state index >= 15 is 0 Å². The largest absolute Gasteiger partial charge is 0.494 e. The average molecular weight is 439 g/mol. The lowest BCUT2D eigenvalue weighted by Gasteiger charge is -2.11. The molecule has 0 radical (unpaired) electrons. The van der Waals surface area contributed by atoms with E-state index in [-0.39, 0.29) is 18.6 Å². The fraction of sp³-hybridized carbons (Fsp3) is 0.167. The molecule has 1 N–H and O–H groups in total. The fourth-order valence-electron chi connectivity index (χ4n) is 3.35. The molecule has 0 bridgehead atoms. The van der Waals surface area contributed by atoms with Crippen LogP contribution in [0.25, 0.3) is 28.1 Å². The highest BCUT2D eigenvalue weighted by Gasteiger charge is 2.26. The summed E-state index contributed by atoms with van der Waals surface area (Å²) < 4.78 is 44.1. The molecule has 0 aliphatic rings. The quantitative estimate of drug-likeness (QED) is 0.381. The molecule has 0 aliphatic carbocycles. The summed E-state index contributed by atoms with van der Waals surface area (Å²) in [5, 5.41) is 4.34. The van der Waals surface area contributed by atoms with E-state index in [1.165, 1.54) is 0 Å². The molecule has 2 aromatic heterocycles. The Labute approximate surface area is 182 Å². The highest BCUT2D eigenvalue weighted by Crippen LogP contribution is 2.27. The standard InChI is InChI=1S/C24H20F3N3O2/c25-24(26,27)11-5-13-32-20-9-4-6-17(14-20)18-15-21(23(31)28-16-18)22-10-12-29-30(22)19-7-2-1-3-8-19/h1-4,6-10,12,14-16H,5,11,13H2,(H,28,31). The lowest BCUT2D eigenvalue weighted by molar-refractivity contribution is -0.136. The number of aromatic nitrogens is 3. The van der Waals surface area contributed by atoms with Crippen LogP contribution >= 0.6 is 0 Å². The van der Waals surface area contributed by atoms with Gasteiger partial charge in [0.2, 0.25) is 0 Å². The summed E-state index contributed by atoms with van der Waals surface area (Å²) in [6.45, 7) is -0.0317. The first-order chi connectivity index (χ1) is 15.4. The first-order valence-corrected chi connectivity index (χ1v) is 10.0. The van der Waals surface area contributed by atoms with E-state index in [0.717, 1.165) is 16.8 Å². The lowest BCUT2D eigenvalue weighted by Crippen LogP contribution is -2.11. The summed E-state index contributed by atoms with van der Waals surface area (Å²) in [7, 11) is 0. The Balaban J connectivity index is 1.60. The van der Waals surface area contributed by atoms with Crippen LogP contribution in [0.5, 0.6) is 5.75 Å². The van der Waals surface area contributed by atoms with E-state index in [0.29, 0.717) is 17.0 Å².